The third-order valence-electron chi connectivity index (χ3n) is 4.65. The van der Waals surface area contributed by atoms with Crippen LogP contribution in [0.5, 0.6) is 0 Å². The monoisotopic (exact) mass is 391 g/mol. The zero-order chi connectivity index (χ0) is 20.4. The fraction of sp³-hybridized carbons (Fsp3) is 0.0952. The van der Waals surface area contributed by atoms with E-state index in [0.29, 0.717) is 23.9 Å². The Balaban J connectivity index is 1.75. The van der Waals surface area contributed by atoms with Gasteiger partial charge in [-0.25, -0.2) is 19.8 Å². The largest absolute Gasteiger partial charge is 0.313 e. The molecule has 0 unspecified atom stereocenters. The van der Waals surface area contributed by atoms with E-state index >= 15 is 0 Å². The highest BCUT2D eigenvalue weighted by atomic mass is 19.1. The van der Waals surface area contributed by atoms with Crippen LogP contribution in [-0.4, -0.2) is 25.6 Å². The van der Waals surface area contributed by atoms with E-state index in [0.717, 1.165) is 16.6 Å². The van der Waals surface area contributed by atoms with Crippen molar-refractivity contribution < 1.29 is 14.4 Å². The Morgan fingerprint density at radius 2 is 1.90 bits per heavy atom. The number of nitrogens with one attached hydrogen (secondary N) is 1. The maximum atomic E-state index is 13.4. The van der Waals surface area contributed by atoms with E-state index in [1.165, 1.54) is 12.3 Å². The van der Waals surface area contributed by atoms with Gasteiger partial charge in [0.05, 0.1) is 23.8 Å². The van der Waals surface area contributed by atoms with Gasteiger partial charge in [-0.3, -0.25) is 14.9 Å². The lowest BCUT2D eigenvalue weighted by Crippen LogP contribution is -2.21. The van der Waals surface area contributed by atoms with Crippen molar-refractivity contribution in [3.05, 3.63) is 83.8 Å². The van der Waals surface area contributed by atoms with Crippen molar-refractivity contribution in [3.8, 4) is 0 Å². The highest BCUT2D eigenvalue weighted by Crippen LogP contribution is 2.28. The Morgan fingerprint density at radius 1 is 1.14 bits per heavy atom. The molecule has 4 aromatic rings. The number of amides is 1. The summed E-state index contributed by atoms with van der Waals surface area (Å²) in [5.74, 6) is 0.200. The van der Waals surface area contributed by atoms with Crippen LogP contribution in [0.15, 0.2) is 66.9 Å². The zero-order valence-corrected chi connectivity index (χ0v) is 15.6. The smallest absolute Gasteiger partial charge is 0.274 e. The molecule has 2 aromatic carbocycles. The van der Waals surface area contributed by atoms with Crippen molar-refractivity contribution in [1.29, 1.82) is 0 Å². The predicted octanol–water partition coefficient (Wildman–Crippen LogP) is 3.56. The number of carbonyl (C=O) groups excluding carboxylic acids is 1. The van der Waals surface area contributed by atoms with E-state index in [1.807, 2.05) is 40.8 Å². The molecule has 29 heavy (non-hydrogen) atoms. The molecule has 0 saturated carbocycles. The SMILES string of the molecule is Cn1c(N(Cc2ccc(C(=O)NO)cc2)c2ccc(F)cn2)nc2ccccc21. The minimum absolute atomic E-state index is 0.338. The lowest BCUT2D eigenvalue weighted by atomic mass is 10.1. The van der Waals surface area contributed by atoms with Crippen LogP contribution in [0.3, 0.4) is 0 Å². The number of hydrogen-bond acceptors (Lipinski definition) is 5. The number of imidazole rings is 1. The Labute approximate surface area is 166 Å². The maximum absolute atomic E-state index is 13.4. The molecular weight excluding hydrogens is 373 g/mol. The number of rotatable bonds is 5. The van der Waals surface area contributed by atoms with Gasteiger partial charge in [0.15, 0.2) is 0 Å². The Kier molecular flexibility index (Phi) is 4.92. The number of pyridine rings is 1. The van der Waals surface area contributed by atoms with Crippen molar-refractivity contribution in [2.24, 2.45) is 7.05 Å². The molecule has 1 amide bonds. The molecule has 0 aliphatic rings. The van der Waals surface area contributed by atoms with Crippen LogP contribution in [0.1, 0.15) is 15.9 Å². The number of aryl methyl sites for hydroxylation is 1. The highest BCUT2D eigenvalue weighted by Gasteiger charge is 2.19. The molecule has 0 atom stereocenters. The van der Waals surface area contributed by atoms with Crippen molar-refractivity contribution in [2.75, 3.05) is 4.90 Å². The molecule has 0 spiro atoms. The van der Waals surface area contributed by atoms with Crippen LogP contribution in [0.2, 0.25) is 0 Å². The first kappa shape index (κ1) is 18.6. The molecule has 0 radical (unpaired) electrons. The van der Waals surface area contributed by atoms with E-state index in [-0.39, 0.29) is 0 Å². The average molecular weight is 391 g/mol. The summed E-state index contributed by atoms with van der Waals surface area (Å²) in [6, 6.07) is 17.5. The van der Waals surface area contributed by atoms with Gasteiger partial charge in [-0.15, -0.1) is 0 Å². The summed E-state index contributed by atoms with van der Waals surface area (Å²) in [5, 5.41) is 8.76. The third kappa shape index (κ3) is 3.65. The molecule has 4 rings (SSSR count). The summed E-state index contributed by atoms with van der Waals surface area (Å²) < 4.78 is 15.4. The van der Waals surface area contributed by atoms with Gasteiger partial charge in [-0.05, 0) is 42.0 Å². The summed E-state index contributed by atoms with van der Waals surface area (Å²) in [6.45, 7) is 0.400. The van der Waals surface area contributed by atoms with E-state index in [2.05, 4.69) is 4.98 Å². The van der Waals surface area contributed by atoms with E-state index in [4.69, 9.17) is 10.2 Å². The second-order valence-electron chi connectivity index (χ2n) is 6.52. The number of benzene rings is 2. The van der Waals surface area contributed by atoms with Crippen molar-refractivity contribution in [1.82, 2.24) is 20.0 Å². The van der Waals surface area contributed by atoms with Gasteiger partial charge >= 0.3 is 0 Å². The van der Waals surface area contributed by atoms with Crippen LogP contribution in [0, 0.1) is 5.82 Å². The number of hydrogen-bond donors (Lipinski definition) is 2. The van der Waals surface area contributed by atoms with Crippen molar-refractivity contribution in [3.63, 3.8) is 0 Å². The quantitative estimate of drug-likeness (QED) is 0.401. The van der Waals surface area contributed by atoms with Crippen molar-refractivity contribution in [2.45, 2.75) is 6.54 Å². The summed E-state index contributed by atoms with van der Waals surface area (Å²) in [7, 11) is 1.91. The molecule has 2 heterocycles. The Hall–Kier alpha value is -3.78. The number of aromatic nitrogens is 3. The molecule has 2 aromatic heterocycles. The van der Waals surface area contributed by atoms with Gasteiger partial charge in [0.1, 0.15) is 11.6 Å². The fourth-order valence-electron chi connectivity index (χ4n) is 3.16. The minimum atomic E-state index is -0.580. The molecule has 0 bridgehead atoms. The summed E-state index contributed by atoms with van der Waals surface area (Å²) in [4.78, 5) is 22.4. The molecular formula is C21H18FN5O2. The van der Waals surface area contributed by atoms with Crippen LogP contribution in [-0.2, 0) is 13.6 Å². The van der Waals surface area contributed by atoms with E-state index < -0.39 is 11.7 Å². The second-order valence-corrected chi connectivity index (χ2v) is 6.52. The van der Waals surface area contributed by atoms with E-state index in [9.17, 15) is 9.18 Å². The third-order valence-corrected chi connectivity index (χ3v) is 4.65. The first-order valence-corrected chi connectivity index (χ1v) is 8.91. The van der Waals surface area contributed by atoms with Gasteiger partial charge < -0.3 is 4.57 Å². The number of nitrogens with zero attached hydrogens (tertiary/aromatic N) is 4. The second kappa shape index (κ2) is 7.69. The summed E-state index contributed by atoms with van der Waals surface area (Å²) in [5.41, 5.74) is 4.64. The van der Waals surface area contributed by atoms with Crippen LogP contribution in [0.4, 0.5) is 16.2 Å². The minimum Gasteiger partial charge on any atom is -0.313 e. The topological polar surface area (TPSA) is 83.3 Å². The molecule has 0 aliphatic heterocycles. The molecule has 0 saturated heterocycles. The van der Waals surface area contributed by atoms with Gasteiger partial charge in [-0.1, -0.05) is 24.3 Å². The normalized spacial score (nSPS) is 10.9. The lowest BCUT2D eigenvalue weighted by Gasteiger charge is -2.23. The Bertz CT molecular complexity index is 1160. The average Bonchev–Trinajstić information content (AvgIpc) is 3.09. The molecule has 0 fully saturated rings. The fourth-order valence-corrected chi connectivity index (χ4v) is 3.16. The molecule has 2 N–H and O–H groups in total. The highest BCUT2D eigenvalue weighted by molar-refractivity contribution is 5.93. The van der Waals surface area contributed by atoms with Gasteiger partial charge in [0, 0.05) is 12.6 Å². The molecule has 8 heteroatoms. The van der Waals surface area contributed by atoms with E-state index in [1.54, 1.807) is 35.8 Å². The molecule has 7 nitrogen and oxygen atoms in total. The number of hydroxylamine groups is 1. The standard InChI is InChI=1S/C21H18FN5O2/c1-26-18-5-3-2-4-17(18)24-21(26)27(19-11-10-16(22)12-23-19)13-14-6-8-15(9-7-14)20(28)25-29/h2-12,29H,13H2,1H3,(H,25,28). The zero-order valence-electron chi connectivity index (χ0n) is 15.6. The van der Waals surface area contributed by atoms with Crippen LogP contribution >= 0.6 is 0 Å². The molecule has 0 aliphatic carbocycles. The first-order valence-electron chi connectivity index (χ1n) is 8.91. The van der Waals surface area contributed by atoms with Crippen LogP contribution < -0.4 is 10.4 Å². The number of halogens is 1. The summed E-state index contributed by atoms with van der Waals surface area (Å²) in [6.07, 6.45) is 1.17. The van der Waals surface area contributed by atoms with Crippen molar-refractivity contribution >= 4 is 28.7 Å². The summed E-state index contributed by atoms with van der Waals surface area (Å²) >= 11 is 0. The maximum Gasteiger partial charge on any atom is 0.274 e. The lowest BCUT2D eigenvalue weighted by molar-refractivity contribution is 0.0706. The number of fused-ring (bicyclic) bond motifs is 1. The molecule has 146 valence electrons. The van der Waals surface area contributed by atoms with Gasteiger partial charge in [-0.2, -0.15) is 0 Å². The number of carbonyl (C=O) groups is 1. The Morgan fingerprint density at radius 3 is 2.55 bits per heavy atom. The number of anilines is 2. The van der Waals surface area contributed by atoms with Gasteiger partial charge in [0.25, 0.3) is 5.91 Å². The number of para-hydroxylation sites is 2. The van der Waals surface area contributed by atoms with Crippen LogP contribution in [0.25, 0.3) is 11.0 Å². The predicted molar refractivity (Wildman–Crippen MR) is 106 cm³/mol. The van der Waals surface area contributed by atoms with Gasteiger partial charge in [0.2, 0.25) is 5.95 Å². The first-order chi connectivity index (χ1) is 14.1.